The summed E-state index contributed by atoms with van der Waals surface area (Å²) in [6, 6.07) is 10.2. The summed E-state index contributed by atoms with van der Waals surface area (Å²) < 4.78 is 21.2. The Morgan fingerprint density at radius 3 is 2.57 bits per heavy atom. The second kappa shape index (κ2) is 7.38. The van der Waals surface area contributed by atoms with E-state index in [1.165, 1.54) is 31.4 Å². The topological polar surface area (TPSA) is 75.0 Å². The van der Waals surface area contributed by atoms with Gasteiger partial charge >= 0.3 is 11.6 Å². The van der Waals surface area contributed by atoms with Crippen molar-refractivity contribution < 1.29 is 23.4 Å². The van der Waals surface area contributed by atoms with Crippen LogP contribution in [0.3, 0.4) is 0 Å². The van der Waals surface area contributed by atoms with Gasteiger partial charge in [-0.15, -0.1) is 0 Å². The van der Waals surface area contributed by atoms with Crippen LogP contribution in [0.1, 0.15) is 33.5 Å². The summed E-state index contributed by atoms with van der Waals surface area (Å²) >= 11 is 0. The molecule has 0 saturated carbocycles. The molecule has 0 N–H and O–H groups in total. The van der Waals surface area contributed by atoms with Crippen molar-refractivity contribution in [1.82, 2.24) is 0 Å². The van der Waals surface area contributed by atoms with E-state index in [1.54, 1.807) is 18.2 Å². The molecule has 1 aliphatic carbocycles. The second-order valence-electron chi connectivity index (χ2n) is 6.70. The van der Waals surface area contributed by atoms with Gasteiger partial charge in [0.05, 0.1) is 14.2 Å². The van der Waals surface area contributed by atoms with E-state index in [2.05, 4.69) is 0 Å². The number of carbonyl (C=O) groups is 1. The van der Waals surface area contributed by atoms with Crippen LogP contribution in [0.5, 0.6) is 11.5 Å². The van der Waals surface area contributed by atoms with E-state index in [9.17, 15) is 9.59 Å². The summed E-state index contributed by atoms with van der Waals surface area (Å²) in [6.07, 6.45) is 3.09. The third kappa shape index (κ3) is 3.33. The molecule has 1 aliphatic rings. The Balaban J connectivity index is 1.64. The van der Waals surface area contributed by atoms with Crippen molar-refractivity contribution in [3.05, 3.63) is 69.1 Å². The lowest BCUT2D eigenvalue weighted by Gasteiger charge is -2.11. The highest BCUT2D eigenvalue weighted by Crippen LogP contribution is 2.29. The van der Waals surface area contributed by atoms with Crippen LogP contribution in [0.4, 0.5) is 0 Å². The second-order valence-corrected chi connectivity index (χ2v) is 6.70. The van der Waals surface area contributed by atoms with Crippen molar-refractivity contribution in [2.45, 2.75) is 25.9 Å². The first-order valence-corrected chi connectivity index (χ1v) is 9.06. The van der Waals surface area contributed by atoms with Gasteiger partial charge in [0.15, 0.2) is 0 Å². The maximum Gasteiger partial charge on any atom is 0.342 e. The Morgan fingerprint density at radius 1 is 1.04 bits per heavy atom. The van der Waals surface area contributed by atoms with E-state index >= 15 is 0 Å². The molecule has 0 atom stereocenters. The first-order chi connectivity index (χ1) is 13.6. The predicted molar refractivity (Wildman–Crippen MR) is 103 cm³/mol. The van der Waals surface area contributed by atoms with E-state index in [0.29, 0.717) is 22.6 Å². The van der Waals surface area contributed by atoms with Crippen molar-refractivity contribution in [2.24, 2.45) is 0 Å². The highest BCUT2D eigenvalue weighted by Gasteiger charge is 2.18. The number of hydrogen-bond acceptors (Lipinski definition) is 6. The van der Waals surface area contributed by atoms with Crippen molar-refractivity contribution in [2.75, 3.05) is 14.2 Å². The molecule has 0 amide bonds. The normalized spacial score (nSPS) is 12.6. The zero-order valence-corrected chi connectivity index (χ0v) is 15.7. The molecule has 3 aromatic rings. The van der Waals surface area contributed by atoms with E-state index in [-0.39, 0.29) is 12.2 Å². The van der Waals surface area contributed by atoms with Crippen LogP contribution < -0.4 is 15.1 Å². The lowest BCUT2D eigenvalue weighted by Crippen LogP contribution is -2.09. The smallest absolute Gasteiger partial charge is 0.342 e. The van der Waals surface area contributed by atoms with Gasteiger partial charge in [-0.05, 0) is 60.7 Å². The van der Waals surface area contributed by atoms with Gasteiger partial charge in [0.25, 0.3) is 0 Å². The van der Waals surface area contributed by atoms with Crippen LogP contribution in [0, 0.1) is 0 Å². The molecular formula is C22H20O6. The summed E-state index contributed by atoms with van der Waals surface area (Å²) in [6.45, 7) is -0.0416. The number of rotatable bonds is 5. The van der Waals surface area contributed by atoms with Crippen LogP contribution in [-0.4, -0.2) is 20.2 Å². The molecule has 0 saturated heterocycles. The number of esters is 1. The minimum Gasteiger partial charge on any atom is -0.497 e. The first kappa shape index (κ1) is 18.1. The summed E-state index contributed by atoms with van der Waals surface area (Å²) in [7, 11) is 3.00. The lowest BCUT2D eigenvalue weighted by molar-refractivity contribution is 0.0469. The molecule has 144 valence electrons. The molecule has 1 aromatic heterocycles. The number of fused-ring (bicyclic) bond motifs is 2. The van der Waals surface area contributed by atoms with E-state index < -0.39 is 11.6 Å². The highest BCUT2D eigenvalue weighted by atomic mass is 16.5. The molecule has 0 aliphatic heterocycles. The first-order valence-electron chi connectivity index (χ1n) is 9.06. The van der Waals surface area contributed by atoms with Crippen molar-refractivity contribution in [1.29, 1.82) is 0 Å². The highest BCUT2D eigenvalue weighted by molar-refractivity contribution is 5.93. The molecule has 0 fully saturated rings. The van der Waals surface area contributed by atoms with Gasteiger partial charge in [0.1, 0.15) is 29.3 Å². The molecule has 0 unspecified atom stereocenters. The number of methoxy groups -OCH3 is 2. The molecule has 28 heavy (non-hydrogen) atoms. The lowest BCUT2D eigenvalue weighted by atomic mass is 10.0. The van der Waals surface area contributed by atoms with Gasteiger partial charge in [-0.2, -0.15) is 0 Å². The molecule has 4 rings (SSSR count). The maximum absolute atomic E-state index is 12.6. The third-order valence-corrected chi connectivity index (χ3v) is 5.03. The van der Waals surface area contributed by atoms with Gasteiger partial charge in [0.2, 0.25) is 0 Å². The fraction of sp³-hybridized carbons (Fsp3) is 0.273. The monoisotopic (exact) mass is 380 g/mol. The van der Waals surface area contributed by atoms with Gasteiger partial charge in [0, 0.05) is 17.0 Å². The Kier molecular flexibility index (Phi) is 4.77. The van der Waals surface area contributed by atoms with Crippen molar-refractivity contribution in [3.8, 4) is 11.5 Å². The maximum atomic E-state index is 12.6. The minimum absolute atomic E-state index is 0.0416. The van der Waals surface area contributed by atoms with Crippen molar-refractivity contribution >= 4 is 16.9 Å². The van der Waals surface area contributed by atoms with Crippen molar-refractivity contribution in [3.63, 3.8) is 0 Å². The number of aryl methyl sites for hydroxylation is 2. The van der Waals surface area contributed by atoms with Gasteiger partial charge in [-0.25, -0.2) is 9.59 Å². The Labute approximate surface area is 161 Å². The standard InChI is InChI=1S/C22H20O6/c1-25-16-6-7-19(26-2)18(11-16)22(24)27-12-15-10-21(23)28-20-9-14-5-3-4-13(14)8-17(15)20/h6-11H,3-5,12H2,1-2H3. The zero-order valence-electron chi connectivity index (χ0n) is 15.7. The van der Waals surface area contributed by atoms with Crippen LogP contribution >= 0.6 is 0 Å². The molecule has 0 spiro atoms. The van der Waals surface area contributed by atoms with Gasteiger partial charge in [-0.1, -0.05) is 0 Å². The Bertz CT molecular complexity index is 1110. The van der Waals surface area contributed by atoms with E-state index in [1.807, 2.05) is 12.1 Å². The number of carbonyl (C=O) groups excluding carboxylic acids is 1. The molecule has 0 bridgehead atoms. The average molecular weight is 380 g/mol. The Morgan fingerprint density at radius 2 is 1.82 bits per heavy atom. The molecule has 6 heteroatoms. The summed E-state index contributed by atoms with van der Waals surface area (Å²) in [5, 5.41) is 0.797. The Hall–Kier alpha value is -3.28. The minimum atomic E-state index is -0.557. The summed E-state index contributed by atoms with van der Waals surface area (Å²) in [4.78, 5) is 24.6. The molecule has 2 aromatic carbocycles. The van der Waals surface area contributed by atoms with E-state index in [4.69, 9.17) is 18.6 Å². The quantitative estimate of drug-likeness (QED) is 0.497. The average Bonchev–Trinajstić information content (AvgIpc) is 3.17. The van der Waals surface area contributed by atoms with Crippen LogP contribution in [0.25, 0.3) is 11.0 Å². The van der Waals surface area contributed by atoms with Crippen LogP contribution in [-0.2, 0) is 24.2 Å². The fourth-order valence-corrected chi connectivity index (χ4v) is 3.61. The molecule has 6 nitrogen and oxygen atoms in total. The van der Waals surface area contributed by atoms with E-state index in [0.717, 1.165) is 24.6 Å². The third-order valence-electron chi connectivity index (χ3n) is 5.03. The molecule has 0 radical (unpaired) electrons. The van der Waals surface area contributed by atoms with Gasteiger partial charge in [-0.3, -0.25) is 0 Å². The number of hydrogen-bond donors (Lipinski definition) is 0. The van der Waals surface area contributed by atoms with Crippen LogP contribution in [0.15, 0.2) is 45.6 Å². The number of ether oxygens (including phenoxy) is 3. The number of benzene rings is 2. The largest absolute Gasteiger partial charge is 0.497 e. The predicted octanol–water partition coefficient (Wildman–Crippen LogP) is 3.66. The zero-order chi connectivity index (χ0) is 19.7. The SMILES string of the molecule is COc1ccc(OC)c(C(=O)OCc2cc(=O)oc3cc4c(cc23)CCC4)c1. The van der Waals surface area contributed by atoms with Crippen LogP contribution in [0.2, 0.25) is 0 Å². The summed E-state index contributed by atoms with van der Waals surface area (Å²) in [5.41, 5.74) is 3.41. The molecular weight excluding hydrogens is 360 g/mol. The van der Waals surface area contributed by atoms with Gasteiger partial charge < -0.3 is 18.6 Å². The molecule has 1 heterocycles. The fourth-order valence-electron chi connectivity index (χ4n) is 3.61. The summed E-state index contributed by atoms with van der Waals surface area (Å²) in [5.74, 6) is 0.355.